The third kappa shape index (κ3) is 6.31. The van der Waals surface area contributed by atoms with Gasteiger partial charge in [-0.3, -0.25) is 0 Å². The Balaban J connectivity index is 1.03. The lowest BCUT2D eigenvalue weighted by molar-refractivity contribution is 0.443. The summed E-state index contributed by atoms with van der Waals surface area (Å²) in [7, 11) is 0. The van der Waals surface area contributed by atoms with Gasteiger partial charge in [0.1, 0.15) is 0 Å². The molecule has 2 saturated carbocycles. The molecule has 0 spiro atoms. The van der Waals surface area contributed by atoms with Crippen LogP contribution in [0.3, 0.4) is 0 Å². The zero-order valence-electron chi connectivity index (χ0n) is 34.6. The molecule has 0 saturated heterocycles. The summed E-state index contributed by atoms with van der Waals surface area (Å²) in [5.41, 5.74) is 18.2. The smallest absolute Gasteiger partial charge is 0.0547 e. The van der Waals surface area contributed by atoms with Crippen molar-refractivity contribution in [3.63, 3.8) is 0 Å². The molecule has 2 heteroatoms. The molecule has 11 rings (SSSR count). The number of benzene rings is 7. The molecule has 0 aliphatic heterocycles. The summed E-state index contributed by atoms with van der Waals surface area (Å²) >= 11 is 0. The summed E-state index contributed by atoms with van der Waals surface area (Å²) in [6.07, 6.45) is 13.4. The van der Waals surface area contributed by atoms with Gasteiger partial charge in [-0.2, -0.15) is 0 Å². The Morgan fingerprint density at radius 3 is 1.69 bits per heavy atom. The van der Waals surface area contributed by atoms with Gasteiger partial charge in [0, 0.05) is 38.9 Å². The van der Waals surface area contributed by atoms with Crippen LogP contribution in [-0.2, 0) is 5.41 Å². The first-order valence-corrected chi connectivity index (χ1v) is 22.4. The summed E-state index contributed by atoms with van der Waals surface area (Å²) in [4.78, 5) is 2.47. The van der Waals surface area contributed by atoms with Gasteiger partial charge < -0.3 is 9.47 Å². The fraction of sp³-hybridized carbons (Fsp3) is 0.263. The second kappa shape index (κ2) is 14.8. The highest BCUT2D eigenvalue weighted by Crippen LogP contribution is 2.51. The maximum atomic E-state index is 2.49. The Morgan fingerprint density at radius 2 is 1.03 bits per heavy atom. The first kappa shape index (κ1) is 36.2. The number of hydrogen-bond donors (Lipinski definition) is 0. The molecule has 3 aliphatic rings. The van der Waals surface area contributed by atoms with E-state index in [-0.39, 0.29) is 5.41 Å². The minimum atomic E-state index is -0.0675. The lowest BCUT2D eigenvalue weighted by Gasteiger charge is -2.28. The summed E-state index contributed by atoms with van der Waals surface area (Å²) in [5, 5.41) is 2.58. The van der Waals surface area contributed by atoms with Crippen LogP contribution >= 0.6 is 0 Å². The quantitative estimate of drug-likeness (QED) is 0.157. The molecule has 0 N–H and O–H groups in total. The number of fused-ring (bicyclic) bond motifs is 6. The maximum Gasteiger partial charge on any atom is 0.0547 e. The Kier molecular flexibility index (Phi) is 9.06. The molecule has 292 valence electrons. The van der Waals surface area contributed by atoms with Crippen LogP contribution in [0.5, 0.6) is 0 Å². The average molecular weight is 767 g/mol. The lowest BCUT2D eigenvalue weighted by Crippen LogP contribution is -2.14. The predicted octanol–water partition coefficient (Wildman–Crippen LogP) is 16.3. The van der Waals surface area contributed by atoms with E-state index >= 15 is 0 Å². The molecule has 0 atom stereocenters. The van der Waals surface area contributed by atoms with Crippen molar-refractivity contribution in [2.75, 3.05) is 4.90 Å². The van der Waals surface area contributed by atoms with Gasteiger partial charge in [-0.1, -0.05) is 143 Å². The van der Waals surface area contributed by atoms with Crippen molar-refractivity contribution < 1.29 is 0 Å². The van der Waals surface area contributed by atoms with Crippen LogP contribution in [0.1, 0.15) is 112 Å². The summed E-state index contributed by atoms with van der Waals surface area (Å²) in [6.45, 7) is 4.76. The van der Waals surface area contributed by atoms with Gasteiger partial charge in [0.25, 0.3) is 0 Å². The lowest BCUT2D eigenvalue weighted by atomic mass is 9.82. The Morgan fingerprint density at radius 1 is 0.441 bits per heavy atom. The van der Waals surface area contributed by atoms with Gasteiger partial charge in [-0.15, -0.1) is 0 Å². The van der Waals surface area contributed by atoms with Crippen LogP contribution in [0.4, 0.5) is 17.1 Å². The number of nitrogens with zero attached hydrogens (tertiary/aromatic N) is 2. The highest BCUT2D eigenvalue weighted by Gasteiger charge is 2.36. The summed E-state index contributed by atoms with van der Waals surface area (Å²) < 4.78 is 2.49. The van der Waals surface area contributed by atoms with E-state index in [9.17, 15) is 0 Å². The van der Waals surface area contributed by atoms with E-state index in [2.05, 4.69) is 181 Å². The highest BCUT2D eigenvalue weighted by molar-refractivity contribution is 6.12. The summed E-state index contributed by atoms with van der Waals surface area (Å²) in [6, 6.07) is 60.3. The number of rotatable bonds is 7. The van der Waals surface area contributed by atoms with E-state index in [1.54, 1.807) is 0 Å². The second-order valence-corrected chi connectivity index (χ2v) is 18.2. The van der Waals surface area contributed by atoms with Gasteiger partial charge in [-0.25, -0.2) is 0 Å². The van der Waals surface area contributed by atoms with Crippen molar-refractivity contribution in [3.8, 4) is 27.9 Å². The van der Waals surface area contributed by atoms with Crippen molar-refractivity contribution in [1.29, 1.82) is 0 Å². The molecular weight excluding hydrogens is 713 g/mol. The van der Waals surface area contributed by atoms with Crippen LogP contribution in [0, 0.1) is 0 Å². The average Bonchev–Trinajstić information content (AvgIpc) is 3.74. The van der Waals surface area contributed by atoms with Crippen molar-refractivity contribution >= 4 is 38.9 Å². The van der Waals surface area contributed by atoms with E-state index in [4.69, 9.17) is 0 Å². The topological polar surface area (TPSA) is 8.17 Å². The number of anilines is 3. The number of para-hydroxylation sites is 1. The van der Waals surface area contributed by atoms with Gasteiger partial charge in [0.2, 0.25) is 0 Å². The van der Waals surface area contributed by atoms with Gasteiger partial charge in [0.15, 0.2) is 0 Å². The SMILES string of the molecule is CC1(C)c2ccccc2-c2cc3c4ccc(-c5cccc(N(c6ccc(C7CCCCC7)cc6)c6ccc(C7CCCCC7)cc6)c5)cc4n(-c4ccccc4)c3cc21. The van der Waals surface area contributed by atoms with E-state index in [1.807, 2.05) is 0 Å². The van der Waals surface area contributed by atoms with Crippen LogP contribution in [0.2, 0.25) is 0 Å². The zero-order valence-corrected chi connectivity index (χ0v) is 34.6. The van der Waals surface area contributed by atoms with Gasteiger partial charge >= 0.3 is 0 Å². The van der Waals surface area contributed by atoms with Crippen molar-refractivity contribution in [3.05, 3.63) is 180 Å². The first-order chi connectivity index (χ1) is 29.0. The van der Waals surface area contributed by atoms with E-state index < -0.39 is 0 Å². The molecule has 1 aromatic heterocycles. The fourth-order valence-electron chi connectivity index (χ4n) is 11.2. The first-order valence-electron chi connectivity index (χ1n) is 22.4. The van der Waals surface area contributed by atoms with Crippen LogP contribution in [0.25, 0.3) is 49.7 Å². The third-order valence-electron chi connectivity index (χ3n) is 14.4. The molecule has 2 nitrogen and oxygen atoms in total. The number of aromatic nitrogens is 1. The molecule has 59 heavy (non-hydrogen) atoms. The second-order valence-electron chi connectivity index (χ2n) is 18.2. The maximum absolute atomic E-state index is 2.49. The molecule has 0 radical (unpaired) electrons. The van der Waals surface area contributed by atoms with Crippen LogP contribution in [0.15, 0.2) is 158 Å². The Bertz CT molecular complexity index is 2730. The van der Waals surface area contributed by atoms with Crippen molar-refractivity contribution in [2.24, 2.45) is 0 Å². The van der Waals surface area contributed by atoms with E-state index in [1.165, 1.54) is 153 Å². The minimum absolute atomic E-state index is 0.0675. The highest BCUT2D eigenvalue weighted by atomic mass is 15.1. The molecule has 0 bridgehead atoms. The molecule has 0 amide bonds. The predicted molar refractivity (Wildman–Crippen MR) is 250 cm³/mol. The monoisotopic (exact) mass is 766 g/mol. The molecule has 2 fully saturated rings. The van der Waals surface area contributed by atoms with E-state index in [0.717, 1.165) is 0 Å². The molecule has 3 aliphatic carbocycles. The van der Waals surface area contributed by atoms with Crippen LogP contribution < -0.4 is 4.90 Å². The van der Waals surface area contributed by atoms with E-state index in [0.29, 0.717) is 11.8 Å². The van der Waals surface area contributed by atoms with Crippen molar-refractivity contribution in [2.45, 2.75) is 95.3 Å². The Hall–Kier alpha value is -5.86. The van der Waals surface area contributed by atoms with Crippen molar-refractivity contribution in [1.82, 2.24) is 4.57 Å². The standard InChI is InChI=1S/C57H54N2/c1-57(2)53-24-13-12-23-49(53)51-37-52-50-34-29-44(36-55(50)59(56(52)38-54(51)57)45-20-10-5-11-21-45)43-19-14-22-48(35-43)58(46-30-25-41(26-31-46)39-15-6-3-7-16-39)47-32-27-42(28-33-47)40-17-8-4-9-18-40/h5,10-14,19-40H,3-4,6-9,15-18H2,1-2H3. The number of hydrogen-bond acceptors (Lipinski definition) is 1. The van der Waals surface area contributed by atoms with Crippen LogP contribution in [-0.4, -0.2) is 4.57 Å². The van der Waals surface area contributed by atoms with Gasteiger partial charge in [0.05, 0.1) is 11.0 Å². The molecular formula is C57H54N2. The molecule has 8 aromatic rings. The minimum Gasteiger partial charge on any atom is -0.310 e. The summed E-state index contributed by atoms with van der Waals surface area (Å²) in [5.74, 6) is 1.38. The fourth-order valence-corrected chi connectivity index (χ4v) is 11.2. The Labute approximate surface area is 350 Å². The molecule has 0 unspecified atom stereocenters. The molecule has 1 heterocycles. The zero-order chi connectivity index (χ0) is 39.5. The third-order valence-corrected chi connectivity index (χ3v) is 14.4. The largest absolute Gasteiger partial charge is 0.310 e. The molecule has 7 aromatic carbocycles. The normalized spacial score (nSPS) is 16.6. The van der Waals surface area contributed by atoms with Gasteiger partial charge in [-0.05, 0) is 149 Å².